The zero-order valence-corrected chi connectivity index (χ0v) is 27.2. The van der Waals surface area contributed by atoms with Gasteiger partial charge in [0.25, 0.3) is 0 Å². The van der Waals surface area contributed by atoms with E-state index in [0.717, 1.165) is 39.4 Å². The first-order chi connectivity index (χ1) is 23.1. The van der Waals surface area contributed by atoms with Crippen LogP contribution in [0.5, 0.6) is 5.75 Å². The van der Waals surface area contributed by atoms with Gasteiger partial charge in [0.1, 0.15) is 5.75 Å². The Hall–Kier alpha value is -5.86. The molecule has 47 heavy (non-hydrogen) atoms. The Balaban J connectivity index is 1.37. The zero-order chi connectivity index (χ0) is 32.4. The molecule has 0 amide bonds. The Kier molecular flexibility index (Phi) is 9.90. The van der Waals surface area contributed by atoms with Crippen LogP contribution < -0.4 is 9.64 Å². The summed E-state index contributed by atoms with van der Waals surface area (Å²) in [4.78, 5) is 2.25. The molecule has 6 aromatic carbocycles. The molecular weight excluding hydrogens is 571 g/mol. The van der Waals surface area contributed by atoms with Gasteiger partial charge in [-0.2, -0.15) is 0 Å². The third-order valence-corrected chi connectivity index (χ3v) is 8.23. The van der Waals surface area contributed by atoms with Crippen LogP contribution in [0.15, 0.2) is 176 Å². The van der Waals surface area contributed by atoms with Crippen molar-refractivity contribution in [3.63, 3.8) is 0 Å². The van der Waals surface area contributed by atoms with Crippen LogP contribution >= 0.6 is 0 Å². The van der Waals surface area contributed by atoms with Gasteiger partial charge in [-0.1, -0.05) is 151 Å². The molecule has 0 fully saturated rings. The smallest absolute Gasteiger partial charge is 0.119 e. The second kappa shape index (κ2) is 14.9. The summed E-state index contributed by atoms with van der Waals surface area (Å²) in [6.45, 7) is 4.25. The van der Waals surface area contributed by atoms with Gasteiger partial charge < -0.3 is 9.64 Å². The molecule has 0 unspecified atom stereocenters. The van der Waals surface area contributed by atoms with Crippen LogP contribution in [0, 0.1) is 13.8 Å². The lowest BCUT2D eigenvalue weighted by Gasteiger charge is -2.24. The van der Waals surface area contributed by atoms with E-state index in [4.69, 9.17) is 4.74 Å². The third kappa shape index (κ3) is 7.87. The van der Waals surface area contributed by atoms with Gasteiger partial charge in [-0.15, -0.1) is 0 Å². The first-order valence-electron chi connectivity index (χ1n) is 16.0. The first-order valence-corrected chi connectivity index (χ1v) is 16.0. The number of nitrogens with zero attached hydrogens (tertiary/aromatic N) is 1. The van der Waals surface area contributed by atoms with Gasteiger partial charge in [-0.3, -0.25) is 0 Å². The molecule has 0 aliphatic rings. The Morgan fingerprint density at radius 3 is 1.40 bits per heavy atom. The Bertz CT molecular complexity index is 1880. The average Bonchev–Trinajstić information content (AvgIpc) is 3.13. The predicted molar refractivity (Wildman–Crippen MR) is 200 cm³/mol. The Morgan fingerprint density at radius 1 is 0.489 bits per heavy atom. The van der Waals surface area contributed by atoms with Crippen molar-refractivity contribution in [3.8, 4) is 5.75 Å². The molecule has 0 spiro atoms. The molecule has 0 saturated carbocycles. The SMILES string of the molecule is COc1ccc(N(C=C(c2ccc(C)cc2)c2ccc(C)cc2)c2ccc(/C=C/C=C(c3ccccc3)c3ccccc3)cc2)cc1. The second-order valence-corrected chi connectivity index (χ2v) is 11.6. The van der Waals surface area contributed by atoms with Gasteiger partial charge >= 0.3 is 0 Å². The van der Waals surface area contributed by atoms with Crippen molar-refractivity contribution in [2.24, 2.45) is 0 Å². The summed E-state index contributed by atoms with van der Waals surface area (Å²) in [6.07, 6.45) is 8.74. The van der Waals surface area contributed by atoms with Crippen LogP contribution in [0.25, 0.3) is 17.2 Å². The van der Waals surface area contributed by atoms with Crippen LogP contribution in [-0.2, 0) is 0 Å². The molecular formula is C45H39NO. The molecule has 0 saturated heterocycles. The number of aryl methyl sites for hydroxylation is 2. The number of allylic oxidation sites excluding steroid dienone is 2. The molecule has 6 rings (SSSR count). The van der Waals surface area contributed by atoms with Crippen LogP contribution in [0.2, 0.25) is 0 Å². The largest absolute Gasteiger partial charge is 0.497 e. The van der Waals surface area contributed by atoms with E-state index in [1.165, 1.54) is 27.8 Å². The van der Waals surface area contributed by atoms with Crippen molar-refractivity contribution in [1.29, 1.82) is 0 Å². The molecule has 2 heteroatoms. The van der Waals surface area contributed by atoms with Gasteiger partial charge in [0.2, 0.25) is 0 Å². The molecule has 2 nitrogen and oxygen atoms in total. The van der Waals surface area contributed by atoms with E-state index in [0.29, 0.717) is 0 Å². The van der Waals surface area contributed by atoms with Crippen molar-refractivity contribution in [2.45, 2.75) is 13.8 Å². The number of hydrogen-bond donors (Lipinski definition) is 0. The lowest BCUT2D eigenvalue weighted by atomic mass is 9.96. The predicted octanol–water partition coefficient (Wildman–Crippen LogP) is 11.7. The summed E-state index contributed by atoms with van der Waals surface area (Å²) in [5.41, 5.74) is 12.8. The molecule has 6 aromatic rings. The van der Waals surface area contributed by atoms with Crippen LogP contribution in [-0.4, -0.2) is 7.11 Å². The normalized spacial score (nSPS) is 10.8. The van der Waals surface area contributed by atoms with E-state index in [-0.39, 0.29) is 0 Å². The van der Waals surface area contributed by atoms with Gasteiger partial charge in [0, 0.05) is 23.1 Å². The molecule has 0 bridgehead atoms. The number of anilines is 2. The fraction of sp³-hybridized carbons (Fsp3) is 0.0667. The van der Waals surface area contributed by atoms with E-state index in [9.17, 15) is 0 Å². The molecule has 0 aromatic heterocycles. The second-order valence-electron chi connectivity index (χ2n) is 11.6. The number of methoxy groups -OCH3 is 1. The topological polar surface area (TPSA) is 12.5 Å². The summed E-state index contributed by atoms with van der Waals surface area (Å²) in [6, 6.07) is 55.5. The molecule has 0 aliphatic heterocycles. The van der Waals surface area contributed by atoms with Crippen LogP contribution in [0.4, 0.5) is 11.4 Å². The number of ether oxygens (including phenoxy) is 1. The Labute approximate surface area is 279 Å². The summed E-state index contributed by atoms with van der Waals surface area (Å²) in [5, 5.41) is 0. The fourth-order valence-electron chi connectivity index (χ4n) is 5.55. The van der Waals surface area contributed by atoms with E-state index in [1.807, 2.05) is 12.1 Å². The number of rotatable bonds is 10. The lowest BCUT2D eigenvalue weighted by molar-refractivity contribution is 0.415. The maximum absolute atomic E-state index is 5.48. The molecule has 0 aliphatic carbocycles. The quantitative estimate of drug-likeness (QED) is 0.143. The van der Waals surface area contributed by atoms with E-state index >= 15 is 0 Å². The van der Waals surface area contributed by atoms with Gasteiger partial charge in [0.15, 0.2) is 0 Å². The van der Waals surface area contributed by atoms with Crippen molar-refractivity contribution < 1.29 is 4.74 Å². The summed E-state index contributed by atoms with van der Waals surface area (Å²) >= 11 is 0. The third-order valence-electron chi connectivity index (χ3n) is 8.23. The lowest BCUT2D eigenvalue weighted by Crippen LogP contribution is -2.10. The number of benzene rings is 6. The van der Waals surface area contributed by atoms with Gasteiger partial charge in [-0.05, 0) is 83.6 Å². The maximum atomic E-state index is 5.48. The molecule has 0 heterocycles. The van der Waals surface area contributed by atoms with Crippen molar-refractivity contribution in [3.05, 3.63) is 215 Å². The van der Waals surface area contributed by atoms with E-state index in [2.05, 4.69) is 189 Å². The fourth-order valence-corrected chi connectivity index (χ4v) is 5.55. The van der Waals surface area contributed by atoms with Crippen LogP contribution in [0.1, 0.15) is 38.9 Å². The van der Waals surface area contributed by atoms with Crippen molar-refractivity contribution in [2.75, 3.05) is 12.0 Å². The Morgan fingerprint density at radius 2 is 0.936 bits per heavy atom. The van der Waals surface area contributed by atoms with E-state index < -0.39 is 0 Å². The highest BCUT2D eigenvalue weighted by Gasteiger charge is 2.13. The van der Waals surface area contributed by atoms with Gasteiger partial charge in [0.05, 0.1) is 7.11 Å². The van der Waals surface area contributed by atoms with Crippen molar-refractivity contribution >= 4 is 28.6 Å². The monoisotopic (exact) mass is 609 g/mol. The highest BCUT2D eigenvalue weighted by Crippen LogP contribution is 2.33. The highest BCUT2D eigenvalue weighted by atomic mass is 16.5. The summed E-state index contributed by atoms with van der Waals surface area (Å²) in [7, 11) is 1.70. The average molecular weight is 610 g/mol. The maximum Gasteiger partial charge on any atom is 0.119 e. The summed E-state index contributed by atoms with van der Waals surface area (Å²) < 4.78 is 5.48. The van der Waals surface area contributed by atoms with Crippen molar-refractivity contribution in [1.82, 2.24) is 0 Å². The minimum atomic E-state index is 0.828. The highest BCUT2D eigenvalue weighted by molar-refractivity contribution is 5.85. The van der Waals surface area contributed by atoms with Crippen LogP contribution in [0.3, 0.4) is 0 Å². The molecule has 0 N–H and O–H groups in total. The molecule has 0 radical (unpaired) electrons. The first kappa shape index (κ1) is 31.1. The van der Waals surface area contributed by atoms with Gasteiger partial charge in [-0.25, -0.2) is 0 Å². The zero-order valence-electron chi connectivity index (χ0n) is 27.2. The minimum absolute atomic E-state index is 0.828. The molecule has 0 atom stereocenters. The van der Waals surface area contributed by atoms with E-state index in [1.54, 1.807) is 7.11 Å². The summed E-state index contributed by atoms with van der Waals surface area (Å²) in [5.74, 6) is 0.828. The minimum Gasteiger partial charge on any atom is -0.497 e. The number of hydrogen-bond acceptors (Lipinski definition) is 2. The molecule has 230 valence electrons. The standard InChI is InChI=1S/C45H39NO/c1-34-17-23-39(24-18-34)45(40-25-19-35(2)20-26-40)33-46(42-29-31-43(47-3)32-30-42)41-27-21-36(22-28-41)11-10-16-44(37-12-6-4-7-13-37)38-14-8-5-9-15-38/h4-33H,1-3H3/b11-10+.